The van der Waals surface area contributed by atoms with E-state index in [4.69, 9.17) is 0 Å². The van der Waals surface area contributed by atoms with Crippen molar-refractivity contribution in [1.29, 1.82) is 0 Å². The summed E-state index contributed by atoms with van der Waals surface area (Å²) >= 11 is 0. The van der Waals surface area contributed by atoms with Crippen molar-refractivity contribution >= 4 is 0 Å². The minimum atomic E-state index is -0.502. The van der Waals surface area contributed by atoms with E-state index in [-0.39, 0.29) is 0 Å². The maximum Gasteiger partial charge on any atom is 0.115 e. The monoisotopic (exact) mass is 271 g/mol. The van der Waals surface area contributed by atoms with E-state index in [9.17, 15) is 5.11 Å². The van der Waals surface area contributed by atoms with Crippen LogP contribution in [0, 0.1) is 0 Å². The molecule has 0 saturated heterocycles. The summed E-state index contributed by atoms with van der Waals surface area (Å²) in [6, 6.07) is 10.00. The van der Waals surface area contributed by atoms with Crippen molar-refractivity contribution in [2.45, 2.75) is 32.4 Å². The van der Waals surface area contributed by atoms with Crippen molar-refractivity contribution in [3.63, 3.8) is 0 Å². The number of benzene rings is 1. The zero-order chi connectivity index (χ0) is 14.4. The van der Waals surface area contributed by atoms with Crippen LogP contribution in [0.5, 0.6) is 0 Å². The van der Waals surface area contributed by atoms with Crippen LogP contribution in [-0.4, -0.2) is 21.6 Å². The quantitative estimate of drug-likeness (QED) is 0.847. The second-order valence-corrected chi connectivity index (χ2v) is 5.17. The van der Waals surface area contributed by atoms with E-state index >= 15 is 0 Å². The van der Waals surface area contributed by atoms with E-state index in [2.05, 4.69) is 41.3 Å². The maximum atomic E-state index is 10.1. The number of hydrogen-bond acceptors (Lipinski definition) is 4. The molecule has 0 aliphatic heterocycles. The minimum absolute atomic E-state index is 0.502. The van der Waals surface area contributed by atoms with Gasteiger partial charge >= 0.3 is 0 Å². The minimum Gasteiger partial charge on any atom is -0.387 e. The number of hydrogen-bond donors (Lipinski definition) is 2. The Labute approximate surface area is 119 Å². The number of aliphatic hydroxyl groups is 1. The summed E-state index contributed by atoms with van der Waals surface area (Å²) in [5.74, 6) is 0.511. The lowest BCUT2D eigenvalue weighted by Gasteiger charge is -2.13. The van der Waals surface area contributed by atoms with Gasteiger partial charge in [0.15, 0.2) is 0 Å². The molecule has 4 nitrogen and oxygen atoms in total. The molecule has 1 unspecified atom stereocenters. The zero-order valence-electron chi connectivity index (χ0n) is 12.0. The normalized spacial score (nSPS) is 12.6. The van der Waals surface area contributed by atoms with Gasteiger partial charge in [0.2, 0.25) is 0 Å². The van der Waals surface area contributed by atoms with E-state index in [1.165, 1.54) is 11.9 Å². The molecule has 0 spiro atoms. The van der Waals surface area contributed by atoms with Gasteiger partial charge in [-0.1, -0.05) is 38.1 Å². The van der Waals surface area contributed by atoms with Crippen molar-refractivity contribution in [1.82, 2.24) is 15.3 Å². The van der Waals surface area contributed by atoms with E-state index in [1.54, 1.807) is 6.20 Å². The molecule has 0 bridgehead atoms. The lowest BCUT2D eigenvalue weighted by molar-refractivity contribution is 0.174. The Morgan fingerprint density at radius 1 is 1.10 bits per heavy atom. The predicted octanol–water partition coefficient (Wildman–Crippen LogP) is 2.42. The molecule has 0 aliphatic carbocycles. The average Bonchev–Trinajstić information content (AvgIpc) is 2.48. The summed E-state index contributed by atoms with van der Waals surface area (Å²) in [4.78, 5) is 7.99. The van der Waals surface area contributed by atoms with E-state index < -0.39 is 6.10 Å². The highest BCUT2D eigenvalue weighted by atomic mass is 16.3. The number of rotatable bonds is 6. The molecule has 1 atom stereocenters. The van der Waals surface area contributed by atoms with Crippen molar-refractivity contribution in [2.75, 3.05) is 6.54 Å². The van der Waals surface area contributed by atoms with Gasteiger partial charge in [0.25, 0.3) is 0 Å². The molecule has 0 radical (unpaired) electrons. The number of aromatic nitrogens is 2. The van der Waals surface area contributed by atoms with Gasteiger partial charge in [0.1, 0.15) is 6.33 Å². The summed E-state index contributed by atoms with van der Waals surface area (Å²) in [7, 11) is 0. The van der Waals surface area contributed by atoms with Crippen LogP contribution >= 0.6 is 0 Å². The molecule has 0 aliphatic rings. The van der Waals surface area contributed by atoms with Crippen LogP contribution in [0.4, 0.5) is 0 Å². The Bertz CT molecular complexity index is 511. The van der Waals surface area contributed by atoms with Crippen LogP contribution in [0.1, 0.15) is 42.7 Å². The molecule has 0 fully saturated rings. The maximum absolute atomic E-state index is 10.1. The Morgan fingerprint density at radius 3 is 2.40 bits per heavy atom. The van der Waals surface area contributed by atoms with E-state index in [0.29, 0.717) is 19.0 Å². The van der Waals surface area contributed by atoms with Gasteiger partial charge in [-0.3, -0.25) is 0 Å². The second-order valence-electron chi connectivity index (χ2n) is 5.17. The highest BCUT2D eigenvalue weighted by Crippen LogP contribution is 2.18. The molecular weight excluding hydrogens is 250 g/mol. The fourth-order valence-corrected chi connectivity index (χ4v) is 1.98. The predicted molar refractivity (Wildman–Crippen MR) is 79.2 cm³/mol. The van der Waals surface area contributed by atoms with Crippen LogP contribution in [0.25, 0.3) is 0 Å². The smallest absolute Gasteiger partial charge is 0.115 e. The fourth-order valence-electron chi connectivity index (χ4n) is 1.98. The Balaban J connectivity index is 1.84. The first-order valence-electron chi connectivity index (χ1n) is 6.90. The van der Waals surface area contributed by atoms with Gasteiger partial charge in [-0.2, -0.15) is 0 Å². The SMILES string of the molecule is CC(C)c1ccc(C(O)CNCc2ccncn2)cc1. The third-order valence-electron chi connectivity index (χ3n) is 3.27. The number of nitrogens with one attached hydrogen (secondary N) is 1. The molecule has 20 heavy (non-hydrogen) atoms. The highest BCUT2D eigenvalue weighted by Gasteiger charge is 2.08. The summed E-state index contributed by atoms with van der Waals surface area (Å²) < 4.78 is 0. The molecule has 0 saturated carbocycles. The van der Waals surface area contributed by atoms with Gasteiger partial charge < -0.3 is 10.4 Å². The summed E-state index contributed by atoms with van der Waals surface area (Å²) in [5.41, 5.74) is 3.14. The summed E-state index contributed by atoms with van der Waals surface area (Å²) in [6.07, 6.45) is 2.74. The Morgan fingerprint density at radius 2 is 1.80 bits per heavy atom. The molecule has 1 aromatic heterocycles. The van der Waals surface area contributed by atoms with Crippen LogP contribution < -0.4 is 5.32 Å². The fraction of sp³-hybridized carbons (Fsp3) is 0.375. The first kappa shape index (κ1) is 14.6. The van der Waals surface area contributed by atoms with E-state index in [1.807, 2.05) is 18.2 Å². The van der Waals surface area contributed by atoms with Crippen LogP contribution in [0.2, 0.25) is 0 Å². The largest absolute Gasteiger partial charge is 0.387 e. The molecule has 1 aromatic carbocycles. The van der Waals surface area contributed by atoms with Gasteiger partial charge in [-0.25, -0.2) is 9.97 Å². The highest BCUT2D eigenvalue weighted by molar-refractivity contribution is 5.26. The molecule has 2 N–H and O–H groups in total. The molecule has 2 rings (SSSR count). The van der Waals surface area contributed by atoms with Crippen molar-refractivity contribution in [3.05, 3.63) is 59.7 Å². The van der Waals surface area contributed by atoms with Crippen molar-refractivity contribution < 1.29 is 5.11 Å². The van der Waals surface area contributed by atoms with Gasteiger partial charge in [0.05, 0.1) is 11.8 Å². The standard InChI is InChI=1S/C16H21N3O/c1-12(2)13-3-5-14(6-4-13)16(20)10-18-9-15-7-8-17-11-19-15/h3-8,11-12,16,18,20H,9-10H2,1-2H3. The summed E-state index contributed by atoms with van der Waals surface area (Å²) in [5, 5.41) is 13.3. The molecule has 2 aromatic rings. The van der Waals surface area contributed by atoms with Crippen LogP contribution in [0.15, 0.2) is 42.9 Å². The number of nitrogens with zero attached hydrogens (tertiary/aromatic N) is 2. The third-order valence-corrected chi connectivity index (χ3v) is 3.27. The van der Waals surface area contributed by atoms with Crippen LogP contribution in [0.3, 0.4) is 0 Å². The Hall–Kier alpha value is -1.78. The molecular formula is C16H21N3O. The van der Waals surface area contributed by atoms with Gasteiger partial charge in [0, 0.05) is 19.3 Å². The molecule has 1 heterocycles. The first-order valence-corrected chi connectivity index (χ1v) is 6.90. The van der Waals surface area contributed by atoms with E-state index in [0.717, 1.165) is 11.3 Å². The lowest BCUT2D eigenvalue weighted by Crippen LogP contribution is -2.21. The average molecular weight is 271 g/mol. The third kappa shape index (κ3) is 4.11. The molecule has 106 valence electrons. The molecule has 0 amide bonds. The topological polar surface area (TPSA) is 58.0 Å². The first-order chi connectivity index (χ1) is 9.66. The zero-order valence-corrected chi connectivity index (χ0v) is 12.0. The number of aliphatic hydroxyl groups excluding tert-OH is 1. The second kappa shape index (κ2) is 7.12. The van der Waals surface area contributed by atoms with Crippen molar-refractivity contribution in [2.24, 2.45) is 0 Å². The molecule has 4 heteroatoms. The van der Waals surface area contributed by atoms with Crippen molar-refractivity contribution in [3.8, 4) is 0 Å². The van der Waals surface area contributed by atoms with Gasteiger partial charge in [-0.05, 0) is 23.1 Å². The lowest BCUT2D eigenvalue weighted by atomic mass is 10.00. The Kier molecular flexibility index (Phi) is 5.21. The summed E-state index contributed by atoms with van der Waals surface area (Å²) in [6.45, 7) is 5.46. The van der Waals surface area contributed by atoms with Crippen LogP contribution in [-0.2, 0) is 6.54 Å². The van der Waals surface area contributed by atoms with Gasteiger partial charge in [-0.15, -0.1) is 0 Å².